The highest BCUT2D eigenvalue weighted by Crippen LogP contribution is 2.37. The van der Waals surface area contributed by atoms with Crippen LogP contribution < -0.4 is 26.0 Å². The van der Waals surface area contributed by atoms with Gasteiger partial charge in [0.1, 0.15) is 5.75 Å². The number of Topliss-reactive ketones (excluding diaryl/α,β-unsaturated/α-hetero) is 1. The van der Waals surface area contributed by atoms with Crippen molar-refractivity contribution in [1.29, 1.82) is 0 Å². The minimum atomic E-state index is -1.19. The van der Waals surface area contributed by atoms with Crippen molar-refractivity contribution in [3.8, 4) is 5.75 Å². The van der Waals surface area contributed by atoms with Crippen LogP contribution in [0.5, 0.6) is 5.75 Å². The van der Waals surface area contributed by atoms with Crippen molar-refractivity contribution in [3.63, 3.8) is 0 Å². The zero-order valence-electron chi connectivity index (χ0n) is 20.6. The molecular weight excluding hydrogens is 452 g/mol. The van der Waals surface area contributed by atoms with Crippen molar-refractivity contribution in [2.75, 3.05) is 13.1 Å². The molecule has 1 fully saturated rings. The first-order valence-corrected chi connectivity index (χ1v) is 11.9. The van der Waals surface area contributed by atoms with E-state index in [0.29, 0.717) is 18.7 Å². The fraction of sp³-hybridized carbons (Fsp3) is 0.560. The average molecular weight is 487 g/mol. The Labute approximate surface area is 204 Å². The number of hydrogen-bond donors (Lipinski definition) is 4. The zero-order chi connectivity index (χ0) is 25.8. The Kier molecular flexibility index (Phi) is 8.14. The van der Waals surface area contributed by atoms with E-state index >= 15 is 0 Å². The van der Waals surface area contributed by atoms with E-state index in [1.54, 1.807) is 26.8 Å². The van der Waals surface area contributed by atoms with Crippen LogP contribution in [0.3, 0.4) is 0 Å². The summed E-state index contributed by atoms with van der Waals surface area (Å²) in [7, 11) is 0. The molecule has 0 saturated carbocycles. The molecule has 4 N–H and O–H groups in total. The van der Waals surface area contributed by atoms with Crippen molar-refractivity contribution >= 4 is 29.4 Å². The molecule has 10 heteroatoms. The number of fused-ring (bicyclic) bond motifs is 1. The summed E-state index contributed by atoms with van der Waals surface area (Å²) in [5.41, 5.74) is 0.269. The zero-order valence-corrected chi connectivity index (χ0v) is 20.6. The highest BCUT2D eigenvalue weighted by Gasteiger charge is 2.37. The maximum Gasteiger partial charge on any atom is 0.290 e. The summed E-state index contributed by atoms with van der Waals surface area (Å²) in [5, 5.41) is 10.4. The number of hydrogen-bond acceptors (Lipinski definition) is 6. The van der Waals surface area contributed by atoms with Gasteiger partial charge in [-0.2, -0.15) is 0 Å². The second kappa shape index (κ2) is 10.9. The Morgan fingerprint density at radius 3 is 2.54 bits per heavy atom. The molecule has 35 heavy (non-hydrogen) atoms. The van der Waals surface area contributed by atoms with Gasteiger partial charge in [-0.15, -0.1) is 0 Å². The number of para-hydroxylation sites is 1. The number of rotatable bonds is 8. The average Bonchev–Trinajstić information content (AvgIpc) is 3.13. The molecule has 0 radical (unpaired) electrons. The van der Waals surface area contributed by atoms with Crippen LogP contribution >= 0.6 is 0 Å². The topological polar surface area (TPSA) is 143 Å². The molecule has 1 saturated heterocycles. The summed E-state index contributed by atoms with van der Waals surface area (Å²) >= 11 is 0. The standard InChI is InChI=1S/C25H34N4O6/c1-14-16-9-5-6-10-18(16)35-21(14)24(34)27-13-19(30)28-17(12-15-8-7-11-26-22(15)32)20(31)23(33)29-25(2,3)4/h5-6,9-10,14-15,17,21H,7-8,11-13H2,1-4H3,(H,26,32)(H,27,34)(H,28,30)(H,29,33)/t14?,15-,17-,21?/m0/s1. The first kappa shape index (κ1) is 26.2. The number of ether oxygens (including phenoxy) is 1. The number of piperidine rings is 1. The normalized spacial score (nSPS) is 22.2. The SMILES string of the molecule is CC1c2ccccc2OC1C(=O)NCC(=O)N[C@@H](C[C@@H]1CCCNC1=O)C(=O)C(=O)NC(C)(C)C. The summed E-state index contributed by atoms with van der Waals surface area (Å²) in [6.45, 7) is 7.24. The quantitative estimate of drug-likeness (QED) is 0.395. The van der Waals surface area contributed by atoms with Crippen molar-refractivity contribution < 1.29 is 28.7 Å². The van der Waals surface area contributed by atoms with E-state index in [2.05, 4.69) is 21.3 Å². The van der Waals surface area contributed by atoms with Crippen molar-refractivity contribution in [2.45, 2.75) is 70.6 Å². The molecule has 2 aliphatic heterocycles. The van der Waals surface area contributed by atoms with Gasteiger partial charge in [-0.25, -0.2) is 0 Å². The summed E-state index contributed by atoms with van der Waals surface area (Å²) < 4.78 is 5.73. The predicted octanol–water partition coefficient (Wildman–Crippen LogP) is 0.552. The lowest BCUT2D eigenvalue weighted by molar-refractivity contribution is -0.141. The Morgan fingerprint density at radius 1 is 1.17 bits per heavy atom. The van der Waals surface area contributed by atoms with Crippen LogP contribution in [-0.4, -0.2) is 60.2 Å². The van der Waals surface area contributed by atoms with E-state index in [9.17, 15) is 24.0 Å². The molecule has 2 heterocycles. The van der Waals surface area contributed by atoms with Gasteiger partial charge in [0.25, 0.3) is 11.8 Å². The lowest BCUT2D eigenvalue weighted by Gasteiger charge is -2.27. The van der Waals surface area contributed by atoms with Crippen LogP contribution in [0, 0.1) is 5.92 Å². The molecule has 0 aromatic heterocycles. The minimum Gasteiger partial charge on any atom is -0.480 e. The number of carbonyl (C=O) groups excluding carboxylic acids is 5. The van der Waals surface area contributed by atoms with Gasteiger partial charge in [-0.1, -0.05) is 25.1 Å². The molecule has 1 aromatic carbocycles. The van der Waals surface area contributed by atoms with E-state index < -0.39 is 53.7 Å². The maximum absolute atomic E-state index is 12.9. The maximum atomic E-state index is 12.9. The van der Waals surface area contributed by atoms with Crippen molar-refractivity contribution in [3.05, 3.63) is 29.8 Å². The second-order valence-corrected chi connectivity index (χ2v) is 10.1. The van der Waals surface area contributed by atoms with Crippen LogP contribution in [-0.2, 0) is 24.0 Å². The number of ketones is 1. The summed E-state index contributed by atoms with van der Waals surface area (Å²) in [6, 6.07) is 6.17. The lowest BCUT2D eigenvalue weighted by atomic mass is 9.89. The van der Waals surface area contributed by atoms with Crippen LogP contribution in [0.1, 0.15) is 58.4 Å². The number of nitrogens with one attached hydrogen (secondary N) is 4. The van der Waals surface area contributed by atoms with Crippen molar-refractivity contribution in [2.24, 2.45) is 5.92 Å². The predicted molar refractivity (Wildman–Crippen MR) is 127 cm³/mol. The van der Waals surface area contributed by atoms with Gasteiger partial charge >= 0.3 is 0 Å². The number of benzene rings is 1. The summed E-state index contributed by atoms with van der Waals surface area (Å²) in [6.07, 6.45) is 0.527. The molecule has 0 spiro atoms. The highest BCUT2D eigenvalue weighted by atomic mass is 16.5. The molecular formula is C25H34N4O6. The smallest absolute Gasteiger partial charge is 0.290 e. The fourth-order valence-electron chi connectivity index (χ4n) is 4.30. The number of amides is 4. The Hall–Kier alpha value is -3.43. The van der Waals surface area contributed by atoms with Gasteiger partial charge in [-0.05, 0) is 46.1 Å². The molecule has 1 aromatic rings. The lowest BCUT2D eigenvalue weighted by Crippen LogP contribution is -2.54. The highest BCUT2D eigenvalue weighted by molar-refractivity contribution is 6.38. The van der Waals surface area contributed by atoms with Gasteiger partial charge in [0.05, 0.1) is 12.6 Å². The van der Waals surface area contributed by atoms with Crippen LogP contribution in [0.25, 0.3) is 0 Å². The van der Waals surface area contributed by atoms with Gasteiger partial charge in [0, 0.05) is 29.5 Å². The molecule has 190 valence electrons. The Bertz CT molecular complexity index is 1000. The minimum absolute atomic E-state index is 0.00000441. The fourth-order valence-corrected chi connectivity index (χ4v) is 4.30. The van der Waals surface area contributed by atoms with Gasteiger partial charge < -0.3 is 26.0 Å². The van der Waals surface area contributed by atoms with E-state index in [1.165, 1.54) is 0 Å². The molecule has 2 unspecified atom stereocenters. The monoisotopic (exact) mass is 486 g/mol. The first-order chi connectivity index (χ1) is 16.5. The molecule has 4 atom stereocenters. The molecule has 10 nitrogen and oxygen atoms in total. The molecule has 2 aliphatic rings. The summed E-state index contributed by atoms with van der Waals surface area (Å²) in [4.78, 5) is 62.9. The molecule has 4 amide bonds. The van der Waals surface area contributed by atoms with Crippen molar-refractivity contribution in [1.82, 2.24) is 21.3 Å². The first-order valence-electron chi connectivity index (χ1n) is 11.9. The molecule has 0 bridgehead atoms. The number of carbonyl (C=O) groups is 5. The third kappa shape index (κ3) is 6.80. The Morgan fingerprint density at radius 2 is 1.89 bits per heavy atom. The van der Waals surface area contributed by atoms with E-state index in [-0.39, 0.29) is 18.2 Å². The van der Waals surface area contributed by atoms with E-state index in [4.69, 9.17) is 4.74 Å². The van der Waals surface area contributed by atoms with Crippen LogP contribution in [0.15, 0.2) is 24.3 Å². The third-order valence-corrected chi connectivity index (χ3v) is 6.08. The molecule has 0 aliphatic carbocycles. The van der Waals surface area contributed by atoms with Gasteiger partial charge in [-0.3, -0.25) is 24.0 Å². The summed E-state index contributed by atoms with van der Waals surface area (Å²) in [5.74, 6) is -3.03. The van der Waals surface area contributed by atoms with E-state index in [0.717, 1.165) is 12.0 Å². The molecule has 3 rings (SSSR count). The largest absolute Gasteiger partial charge is 0.480 e. The Balaban J connectivity index is 1.61. The van der Waals surface area contributed by atoms with Crippen LogP contribution in [0.4, 0.5) is 0 Å². The van der Waals surface area contributed by atoms with Gasteiger partial charge in [0.15, 0.2) is 6.10 Å². The van der Waals surface area contributed by atoms with Crippen LogP contribution in [0.2, 0.25) is 0 Å². The van der Waals surface area contributed by atoms with Gasteiger partial charge in [0.2, 0.25) is 17.6 Å². The third-order valence-electron chi connectivity index (χ3n) is 6.08. The van der Waals surface area contributed by atoms with E-state index in [1.807, 2.05) is 25.1 Å². The second-order valence-electron chi connectivity index (χ2n) is 10.1.